The Morgan fingerprint density at radius 3 is 2.70 bits per heavy atom. The number of carbonyl (C=O) groups is 2. The number of hydrogen-bond donors (Lipinski definition) is 2. The maximum Gasteiger partial charge on any atom is 0.305 e. The zero-order valence-corrected chi connectivity index (χ0v) is 13.0. The highest BCUT2D eigenvalue weighted by Gasteiger charge is 2.40. The number of nitrogens with zero attached hydrogens (tertiary/aromatic N) is 1. The van der Waals surface area contributed by atoms with Crippen LogP contribution in [0.2, 0.25) is 0 Å². The number of carbonyl (C=O) groups excluding carboxylic acids is 1. The van der Waals surface area contributed by atoms with E-state index in [-0.39, 0.29) is 12.3 Å². The van der Waals surface area contributed by atoms with Gasteiger partial charge < -0.3 is 10.4 Å². The highest BCUT2D eigenvalue weighted by Crippen LogP contribution is 2.36. The minimum absolute atomic E-state index is 0.0856. The SMILES string of the molecule is O=C(O)CC1(NC(=O)c2cnc(-c3ccccc3F)s2)CCC1. The van der Waals surface area contributed by atoms with E-state index in [1.807, 2.05) is 0 Å². The van der Waals surface area contributed by atoms with Crippen LogP contribution in [0.15, 0.2) is 30.5 Å². The number of carboxylic acid groups (broad SMARTS) is 1. The summed E-state index contributed by atoms with van der Waals surface area (Å²) in [5.41, 5.74) is -0.314. The average Bonchev–Trinajstić information content (AvgIpc) is 2.94. The molecule has 1 aliphatic rings. The molecule has 0 spiro atoms. The molecule has 5 nitrogen and oxygen atoms in total. The molecule has 7 heteroatoms. The molecule has 23 heavy (non-hydrogen) atoms. The normalized spacial score (nSPS) is 15.7. The number of amides is 1. The Labute approximate surface area is 136 Å². The molecule has 0 radical (unpaired) electrons. The topological polar surface area (TPSA) is 79.3 Å². The molecule has 2 aromatic rings. The molecule has 1 saturated carbocycles. The van der Waals surface area contributed by atoms with Crippen molar-refractivity contribution in [3.05, 3.63) is 41.2 Å². The molecular formula is C16H15FN2O3S. The van der Waals surface area contributed by atoms with E-state index < -0.39 is 17.3 Å². The number of benzene rings is 1. The summed E-state index contributed by atoms with van der Waals surface area (Å²) in [7, 11) is 0. The Bertz CT molecular complexity index is 755. The Balaban J connectivity index is 1.76. The first-order valence-corrected chi connectivity index (χ1v) is 8.06. The number of halogens is 1. The van der Waals surface area contributed by atoms with Crippen LogP contribution in [-0.4, -0.2) is 27.5 Å². The third-order valence-electron chi connectivity index (χ3n) is 4.01. The van der Waals surface area contributed by atoms with Crippen molar-refractivity contribution in [3.63, 3.8) is 0 Å². The molecule has 1 aliphatic carbocycles. The third kappa shape index (κ3) is 3.24. The van der Waals surface area contributed by atoms with Gasteiger partial charge in [0.25, 0.3) is 5.91 Å². The van der Waals surface area contributed by atoms with Crippen LogP contribution < -0.4 is 5.32 Å². The lowest BCUT2D eigenvalue weighted by Gasteiger charge is -2.41. The Kier molecular flexibility index (Phi) is 4.12. The van der Waals surface area contributed by atoms with E-state index >= 15 is 0 Å². The van der Waals surface area contributed by atoms with E-state index in [9.17, 15) is 14.0 Å². The van der Waals surface area contributed by atoms with Crippen LogP contribution in [-0.2, 0) is 4.79 Å². The Morgan fingerprint density at radius 1 is 1.35 bits per heavy atom. The monoisotopic (exact) mass is 334 g/mol. The van der Waals surface area contributed by atoms with Crippen LogP contribution in [0.25, 0.3) is 10.6 Å². The van der Waals surface area contributed by atoms with Gasteiger partial charge >= 0.3 is 5.97 Å². The van der Waals surface area contributed by atoms with E-state index in [4.69, 9.17) is 5.11 Å². The number of aliphatic carboxylic acids is 1. The predicted molar refractivity (Wildman–Crippen MR) is 83.8 cm³/mol. The standard InChI is InChI=1S/C16H15FN2O3S/c17-11-5-2-1-4-10(11)15-18-9-12(23-15)14(22)19-16(6-3-7-16)8-13(20)21/h1-2,4-5,9H,3,6-8H2,(H,19,22)(H,20,21). The van der Waals surface area contributed by atoms with E-state index in [0.29, 0.717) is 28.3 Å². The summed E-state index contributed by atoms with van der Waals surface area (Å²) in [6, 6.07) is 6.24. The van der Waals surface area contributed by atoms with Crippen molar-refractivity contribution in [1.82, 2.24) is 10.3 Å². The highest BCUT2D eigenvalue weighted by molar-refractivity contribution is 7.16. The van der Waals surface area contributed by atoms with Gasteiger partial charge in [-0.05, 0) is 31.4 Å². The minimum atomic E-state index is -0.929. The fourth-order valence-corrected chi connectivity index (χ4v) is 3.52. The summed E-state index contributed by atoms with van der Waals surface area (Å²) in [5.74, 6) is -1.68. The molecule has 1 fully saturated rings. The number of nitrogens with one attached hydrogen (secondary N) is 1. The summed E-state index contributed by atoms with van der Waals surface area (Å²) in [6.07, 6.45) is 3.53. The van der Waals surface area contributed by atoms with Crippen LogP contribution in [0.3, 0.4) is 0 Å². The van der Waals surface area contributed by atoms with Gasteiger partial charge in [-0.15, -0.1) is 11.3 Å². The second kappa shape index (κ2) is 6.08. The minimum Gasteiger partial charge on any atom is -0.481 e. The smallest absolute Gasteiger partial charge is 0.305 e. The van der Waals surface area contributed by atoms with Gasteiger partial charge in [0.05, 0.1) is 18.2 Å². The van der Waals surface area contributed by atoms with E-state index in [0.717, 1.165) is 17.8 Å². The summed E-state index contributed by atoms with van der Waals surface area (Å²) in [5, 5.41) is 12.2. The number of carboxylic acids is 1. The predicted octanol–water partition coefficient (Wildman–Crippen LogP) is 3.08. The Hall–Kier alpha value is -2.28. The maximum absolute atomic E-state index is 13.8. The molecule has 3 rings (SSSR count). The van der Waals surface area contributed by atoms with E-state index in [2.05, 4.69) is 10.3 Å². The van der Waals surface area contributed by atoms with Gasteiger partial charge in [0.15, 0.2) is 0 Å². The lowest BCUT2D eigenvalue weighted by atomic mass is 9.74. The lowest BCUT2D eigenvalue weighted by Crippen LogP contribution is -2.54. The first kappa shape index (κ1) is 15.6. The van der Waals surface area contributed by atoms with Crippen LogP contribution in [0.4, 0.5) is 4.39 Å². The van der Waals surface area contributed by atoms with Gasteiger partial charge in [-0.3, -0.25) is 9.59 Å². The molecule has 0 unspecified atom stereocenters. The lowest BCUT2D eigenvalue weighted by molar-refractivity contribution is -0.139. The van der Waals surface area contributed by atoms with Gasteiger partial charge in [0.2, 0.25) is 0 Å². The molecule has 0 bridgehead atoms. The largest absolute Gasteiger partial charge is 0.481 e. The van der Waals surface area contributed by atoms with Gasteiger partial charge in [0, 0.05) is 5.56 Å². The van der Waals surface area contributed by atoms with Crippen molar-refractivity contribution < 1.29 is 19.1 Å². The number of thiazole rings is 1. The van der Waals surface area contributed by atoms with Gasteiger partial charge in [-0.1, -0.05) is 12.1 Å². The van der Waals surface area contributed by atoms with Gasteiger partial charge in [-0.2, -0.15) is 0 Å². The molecule has 0 saturated heterocycles. The van der Waals surface area contributed by atoms with Crippen molar-refractivity contribution in [2.45, 2.75) is 31.2 Å². The van der Waals surface area contributed by atoms with E-state index in [1.165, 1.54) is 12.3 Å². The zero-order valence-electron chi connectivity index (χ0n) is 12.2. The fraction of sp³-hybridized carbons (Fsp3) is 0.312. The number of hydrogen-bond acceptors (Lipinski definition) is 4. The molecule has 1 aromatic carbocycles. The van der Waals surface area contributed by atoms with Crippen LogP contribution >= 0.6 is 11.3 Å². The fourth-order valence-electron chi connectivity index (χ4n) is 2.68. The van der Waals surface area contributed by atoms with Crippen LogP contribution in [0.5, 0.6) is 0 Å². The average molecular weight is 334 g/mol. The van der Waals surface area contributed by atoms with E-state index in [1.54, 1.807) is 18.2 Å². The summed E-state index contributed by atoms with van der Waals surface area (Å²) in [6.45, 7) is 0. The second-order valence-electron chi connectivity index (χ2n) is 5.67. The summed E-state index contributed by atoms with van der Waals surface area (Å²) < 4.78 is 13.8. The van der Waals surface area contributed by atoms with Crippen molar-refractivity contribution in [2.24, 2.45) is 0 Å². The van der Waals surface area contributed by atoms with Gasteiger partial charge in [0.1, 0.15) is 15.7 Å². The van der Waals surface area contributed by atoms with Crippen LogP contribution in [0.1, 0.15) is 35.4 Å². The Morgan fingerprint density at radius 2 is 2.09 bits per heavy atom. The summed E-state index contributed by atoms with van der Waals surface area (Å²) >= 11 is 1.09. The maximum atomic E-state index is 13.8. The quantitative estimate of drug-likeness (QED) is 0.881. The molecule has 1 heterocycles. The molecular weight excluding hydrogens is 319 g/mol. The molecule has 2 N–H and O–H groups in total. The molecule has 120 valence electrons. The number of aromatic nitrogens is 1. The highest BCUT2D eigenvalue weighted by atomic mass is 32.1. The zero-order chi connectivity index (χ0) is 16.4. The second-order valence-corrected chi connectivity index (χ2v) is 6.70. The summed E-state index contributed by atoms with van der Waals surface area (Å²) in [4.78, 5) is 27.7. The first-order chi connectivity index (χ1) is 11.0. The third-order valence-corrected chi connectivity index (χ3v) is 5.04. The van der Waals surface area contributed by atoms with Crippen molar-refractivity contribution in [1.29, 1.82) is 0 Å². The molecule has 0 atom stereocenters. The first-order valence-electron chi connectivity index (χ1n) is 7.24. The van der Waals surface area contributed by atoms with Crippen molar-refractivity contribution in [2.75, 3.05) is 0 Å². The molecule has 0 aliphatic heterocycles. The van der Waals surface area contributed by atoms with Crippen molar-refractivity contribution in [3.8, 4) is 10.6 Å². The van der Waals surface area contributed by atoms with Crippen molar-refractivity contribution >= 4 is 23.2 Å². The molecule has 1 aromatic heterocycles. The number of rotatable bonds is 5. The van der Waals surface area contributed by atoms with Crippen LogP contribution in [0, 0.1) is 5.82 Å². The van der Waals surface area contributed by atoms with Gasteiger partial charge in [-0.25, -0.2) is 9.37 Å². The molecule has 1 amide bonds.